The smallest absolute Gasteiger partial charge is 0.191 e. The molecule has 1 heterocycles. The van der Waals surface area contributed by atoms with E-state index in [1.54, 1.807) is 0 Å². The molecule has 1 aliphatic carbocycles. The lowest BCUT2D eigenvalue weighted by Crippen LogP contribution is -2.48. The molecule has 0 spiro atoms. The van der Waals surface area contributed by atoms with Gasteiger partial charge in [0.1, 0.15) is 0 Å². The third-order valence-corrected chi connectivity index (χ3v) is 6.31. The van der Waals surface area contributed by atoms with Crippen molar-refractivity contribution in [1.82, 2.24) is 15.5 Å². The topological polar surface area (TPSA) is 69.1 Å². The van der Waals surface area contributed by atoms with Crippen LogP contribution in [0.25, 0.3) is 0 Å². The molecule has 7 heteroatoms. The summed E-state index contributed by atoms with van der Waals surface area (Å²) in [7, 11) is 0. The number of benzene rings is 1. The summed E-state index contributed by atoms with van der Waals surface area (Å²) in [5.74, 6) is 0.827. The number of nitrogens with one attached hydrogen (secondary N) is 2. The molecule has 30 heavy (non-hydrogen) atoms. The van der Waals surface area contributed by atoms with Gasteiger partial charge in [0.15, 0.2) is 5.96 Å². The second kappa shape index (κ2) is 12.8. The molecule has 1 aromatic carbocycles. The number of morpholine rings is 1. The Bertz CT molecular complexity index is 666. The van der Waals surface area contributed by atoms with Crippen LogP contribution in [0.15, 0.2) is 29.3 Å². The Morgan fingerprint density at radius 1 is 1.20 bits per heavy atom. The first-order chi connectivity index (χ1) is 14.1. The van der Waals surface area contributed by atoms with Crippen LogP contribution in [0.3, 0.4) is 0 Å². The molecule has 0 aromatic heterocycles. The Labute approximate surface area is 198 Å². The van der Waals surface area contributed by atoms with Crippen LogP contribution < -0.4 is 10.6 Å². The fraction of sp³-hybridized carbons (Fsp3) is 0.696. The Hall–Kier alpha value is -0.900. The van der Waals surface area contributed by atoms with Crippen molar-refractivity contribution in [1.29, 1.82) is 0 Å². The van der Waals surface area contributed by atoms with Gasteiger partial charge in [-0.05, 0) is 30.9 Å². The van der Waals surface area contributed by atoms with Gasteiger partial charge in [-0.25, -0.2) is 4.99 Å². The molecule has 6 nitrogen and oxygen atoms in total. The van der Waals surface area contributed by atoms with Crippen molar-refractivity contribution in [2.75, 3.05) is 39.4 Å². The monoisotopic (exact) mass is 530 g/mol. The summed E-state index contributed by atoms with van der Waals surface area (Å²) < 4.78 is 5.47. The number of nitrogens with zero attached hydrogens (tertiary/aromatic N) is 2. The Balaban J connectivity index is 0.00000320. The summed E-state index contributed by atoms with van der Waals surface area (Å²) in [5.41, 5.74) is 2.52. The number of aliphatic hydroxyl groups is 1. The van der Waals surface area contributed by atoms with Crippen LogP contribution in [0.2, 0.25) is 0 Å². The normalized spacial score (nSPS) is 25.4. The fourth-order valence-corrected chi connectivity index (χ4v) is 4.25. The summed E-state index contributed by atoms with van der Waals surface area (Å²) in [6, 6.07) is 8.58. The van der Waals surface area contributed by atoms with E-state index in [0.717, 1.165) is 71.2 Å². The minimum absolute atomic E-state index is 0. The van der Waals surface area contributed by atoms with Crippen LogP contribution in [0, 0.1) is 5.41 Å². The number of guanidine groups is 1. The molecule has 2 unspecified atom stereocenters. The summed E-state index contributed by atoms with van der Waals surface area (Å²) in [6.07, 6.45) is 4.05. The number of aliphatic hydroxyl groups excluding tert-OH is 1. The second-order valence-corrected chi connectivity index (χ2v) is 8.62. The lowest BCUT2D eigenvalue weighted by molar-refractivity contribution is 0.00397. The molecule has 1 saturated carbocycles. The van der Waals surface area contributed by atoms with E-state index in [0.29, 0.717) is 6.54 Å². The molecular formula is C23H39IN4O2. The van der Waals surface area contributed by atoms with Gasteiger partial charge < -0.3 is 20.5 Å². The number of rotatable bonds is 7. The first-order valence-corrected chi connectivity index (χ1v) is 11.2. The molecule has 170 valence electrons. The fourth-order valence-electron chi connectivity index (χ4n) is 4.25. The van der Waals surface area contributed by atoms with Crippen molar-refractivity contribution in [3.05, 3.63) is 35.4 Å². The van der Waals surface area contributed by atoms with Crippen LogP contribution in [-0.4, -0.2) is 61.5 Å². The molecule has 1 aliphatic heterocycles. The minimum Gasteiger partial charge on any atom is -0.392 e. The van der Waals surface area contributed by atoms with Crippen molar-refractivity contribution >= 4 is 29.9 Å². The van der Waals surface area contributed by atoms with Crippen LogP contribution in [0.5, 0.6) is 0 Å². The van der Waals surface area contributed by atoms with Gasteiger partial charge in [-0.1, -0.05) is 44.0 Å². The molecule has 2 fully saturated rings. The van der Waals surface area contributed by atoms with Gasteiger partial charge in [0, 0.05) is 38.1 Å². The molecule has 3 rings (SSSR count). The highest BCUT2D eigenvalue weighted by Crippen LogP contribution is 2.35. The Morgan fingerprint density at radius 2 is 1.93 bits per heavy atom. The number of aliphatic imine (C=N–C) groups is 1. The van der Waals surface area contributed by atoms with E-state index in [4.69, 9.17) is 9.73 Å². The zero-order valence-electron chi connectivity index (χ0n) is 18.5. The second-order valence-electron chi connectivity index (χ2n) is 8.62. The first-order valence-electron chi connectivity index (χ1n) is 11.2. The van der Waals surface area contributed by atoms with Gasteiger partial charge in [-0.15, -0.1) is 24.0 Å². The largest absolute Gasteiger partial charge is 0.392 e. The maximum atomic E-state index is 10.5. The van der Waals surface area contributed by atoms with Crippen LogP contribution in [0.4, 0.5) is 0 Å². The first kappa shape index (κ1) is 25.4. The zero-order valence-corrected chi connectivity index (χ0v) is 20.9. The highest BCUT2D eigenvalue weighted by Gasteiger charge is 2.35. The maximum absolute atomic E-state index is 10.5. The van der Waals surface area contributed by atoms with E-state index in [1.165, 1.54) is 17.5 Å². The Morgan fingerprint density at radius 3 is 2.63 bits per heavy atom. The summed E-state index contributed by atoms with van der Waals surface area (Å²) in [5, 5.41) is 17.3. The van der Waals surface area contributed by atoms with Gasteiger partial charge in [-0.3, -0.25) is 4.90 Å². The van der Waals surface area contributed by atoms with Gasteiger partial charge in [0.25, 0.3) is 0 Å². The van der Waals surface area contributed by atoms with Gasteiger partial charge >= 0.3 is 0 Å². The number of ether oxygens (including phenoxy) is 1. The van der Waals surface area contributed by atoms with E-state index in [1.807, 2.05) is 0 Å². The number of halogens is 1. The zero-order chi connectivity index (χ0) is 20.5. The highest BCUT2D eigenvalue weighted by molar-refractivity contribution is 14.0. The van der Waals surface area contributed by atoms with Crippen LogP contribution in [-0.2, 0) is 17.8 Å². The summed E-state index contributed by atoms with van der Waals surface area (Å²) in [6.45, 7) is 11.0. The molecular weight excluding hydrogens is 491 g/mol. The average molecular weight is 530 g/mol. The number of hydrogen-bond donors (Lipinski definition) is 3. The predicted molar refractivity (Wildman–Crippen MR) is 133 cm³/mol. The molecule has 3 N–H and O–H groups in total. The van der Waals surface area contributed by atoms with Crippen molar-refractivity contribution in [2.24, 2.45) is 10.4 Å². The van der Waals surface area contributed by atoms with Gasteiger partial charge in [0.05, 0.1) is 25.9 Å². The van der Waals surface area contributed by atoms with Crippen LogP contribution >= 0.6 is 24.0 Å². The van der Waals surface area contributed by atoms with Crippen molar-refractivity contribution in [3.8, 4) is 0 Å². The molecule has 0 radical (unpaired) electrons. The van der Waals surface area contributed by atoms with Crippen LogP contribution in [0.1, 0.15) is 50.7 Å². The molecule has 0 amide bonds. The summed E-state index contributed by atoms with van der Waals surface area (Å²) in [4.78, 5) is 7.29. The molecule has 2 aliphatic rings. The van der Waals surface area contributed by atoms with Crippen molar-refractivity contribution in [3.63, 3.8) is 0 Å². The molecule has 1 aromatic rings. The molecule has 1 saturated heterocycles. The van der Waals surface area contributed by atoms with E-state index in [-0.39, 0.29) is 35.5 Å². The standard InChI is InChI=1S/C23H38N4O2.HI/c1-3-24-22(26-18-23(2)11-7-6-10-21(23)28)25-16-19-8-4-5-9-20(19)17-27-12-14-29-15-13-27;/h4-5,8-9,21,28H,3,6-7,10-18H2,1-2H3,(H2,24,25,26);1H. The van der Waals surface area contributed by atoms with Gasteiger partial charge in [0.2, 0.25) is 0 Å². The highest BCUT2D eigenvalue weighted by atomic mass is 127. The van der Waals surface area contributed by atoms with E-state index in [2.05, 4.69) is 53.6 Å². The SMILES string of the molecule is CCNC(=NCc1ccccc1CN1CCOCC1)NCC1(C)CCCCC1O.I. The molecule has 2 atom stereocenters. The van der Waals surface area contributed by atoms with Gasteiger partial charge in [-0.2, -0.15) is 0 Å². The van der Waals surface area contributed by atoms with Crippen molar-refractivity contribution < 1.29 is 9.84 Å². The van der Waals surface area contributed by atoms with E-state index < -0.39 is 0 Å². The molecule has 0 bridgehead atoms. The lowest BCUT2D eigenvalue weighted by atomic mass is 9.73. The number of hydrogen-bond acceptors (Lipinski definition) is 4. The maximum Gasteiger partial charge on any atom is 0.191 e. The lowest BCUT2D eigenvalue weighted by Gasteiger charge is -2.38. The predicted octanol–water partition coefficient (Wildman–Crippen LogP) is 3.13. The Kier molecular flexibility index (Phi) is 10.8. The third-order valence-electron chi connectivity index (χ3n) is 6.31. The quantitative estimate of drug-likeness (QED) is 0.287. The average Bonchev–Trinajstić information content (AvgIpc) is 2.74. The van der Waals surface area contributed by atoms with E-state index >= 15 is 0 Å². The third kappa shape index (κ3) is 7.35. The minimum atomic E-state index is -0.235. The summed E-state index contributed by atoms with van der Waals surface area (Å²) >= 11 is 0. The van der Waals surface area contributed by atoms with E-state index in [9.17, 15) is 5.11 Å². The van der Waals surface area contributed by atoms with Crippen molar-refractivity contribution in [2.45, 2.75) is 58.7 Å².